The van der Waals surface area contributed by atoms with Gasteiger partial charge in [-0.15, -0.1) is 0 Å². The summed E-state index contributed by atoms with van der Waals surface area (Å²) in [6.07, 6.45) is 2.06. The Kier molecular flexibility index (Phi) is 4.61. The van der Waals surface area contributed by atoms with E-state index in [1.54, 1.807) is 5.06 Å². The maximum atomic E-state index is 12.8. The van der Waals surface area contributed by atoms with Crippen molar-refractivity contribution < 1.29 is 18.8 Å². The smallest absolute Gasteiger partial charge is 0.251 e. The van der Waals surface area contributed by atoms with Crippen LogP contribution in [0.15, 0.2) is 16.5 Å². The summed E-state index contributed by atoms with van der Waals surface area (Å²) in [6, 6.07) is 4.04. The first-order valence-corrected chi connectivity index (χ1v) is 9.00. The van der Waals surface area contributed by atoms with Crippen LogP contribution in [0.2, 0.25) is 0 Å². The second-order valence-electron chi connectivity index (χ2n) is 7.26. The van der Waals surface area contributed by atoms with Crippen LogP contribution in [0.25, 0.3) is 0 Å². The lowest BCUT2D eigenvalue weighted by Gasteiger charge is -2.36. The van der Waals surface area contributed by atoms with Crippen molar-refractivity contribution in [1.29, 1.82) is 0 Å². The molecule has 3 atom stereocenters. The van der Waals surface area contributed by atoms with Crippen LogP contribution >= 0.6 is 0 Å². The monoisotopic (exact) mass is 334 g/mol. The van der Waals surface area contributed by atoms with E-state index in [4.69, 9.17) is 14.0 Å². The Labute approximate surface area is 142 Å². The third kappa shape index (κ3) is 3.23. The molecule has 4 heterocycles. The fourth-order valence-corrected chi connectivity index (χ4v) is 4.22. The molecule has 0 aromatic carbocycles. The van der Waals surface area contributed by atoms with Crippen LogP contribution in [0.3, 0.4) is 0 Å². The van der Waals surface area contributed by atoms with E-state index >= 15 is 0 Å². The number of carbonyl (C=O) groups excluding carboxylic acids is 1. The highest BCUT2D eigenvalue weighted by molar-refractivity contribution is 5.78. The van der Waals surface area contributed by atoms with Gasteiger partial charge in [-0.05, 0) is 43.7 Å². The van der Waals surface area contributed by atoms with E-state index in [-0.39, 0.29) is 11.8 Å². The van der Waals surface area contributed by atoms with Gasteiger partial charge in [0.2, 0.25) is 0 Å². The van der Waals surface area contributed by atoms with Gasteiger partial charge in [0, 0.05) is 19.6 Å². The van der Waals surface area contributed by atoms with E-state index in [9.17, 15) is 4.79 Å². The maximum Gasteiger partial charge on any atom is 0.251 e. The molecule has 1 aromatic heterocycles. The van der Waals surface area contributed by atoms with Gasteiger partial charge in [0.05, 0.1) is 32.3 Å². The fourth-order valence-electron chi connectivity index (χ4n) is 4.22. The molecular weight excluding hydrogens is 308 g/mol. The maximum absolute atomic E-state index is 12.8. The molecule has 1 aromatic rings. The summed E-state index contributed by atoms with van der Waals surface area (Å²) < 4.78 is 11.5. The number of fused-ring (bicyclic) bond motifs is 1. The third-order valence-corrected chi connectivity index (χ3v) is 5.45. The number of rotatable bonds is 3. The van der Waals surface area contributed by atoms with E-state index in [1.165, 1.54) is 0 Å². The zero-order valence-corrected chi connectivity index (χ0v) is 14.3. The highest BCUT2D eigenvalue weighted by Crippen LogP contribution is 2.36. The normalized spacial score (nSPS) is 31.2. The number of amides is 1. The molecule has 6 nitrogen and oxygen atoms in total. The van der Waals surface area contributed by atoms with Crippen molar-refractivity contribution >= 4 is 5.91 Å². The summed E-state index contributed by atoms with van der Waals surface area (Å²) >= 11 is 0. The summed E-state index contributed by atoms with van der Waals surface area (Å²) in [5.74, 6) is 2.75. The van der Waals surface area contributed by atoms with E-state index in [0.717, 1.165) is 50.6 Å². The molecule has 6 heteroatoms. The minimum Gasteiger partial charge on any atom is -0.465 e. The number of carbonyl (C=O) groups is 1. The third-order valence-electron chi connectivity index (χ3n) is 5.45. The van der Waals surface area contributed by atoms with Crippen LogP contribution in [0.4, 0.5) is 0 Å². The number of hydrogen-bond donors (Lipinski definition) is 0. The fraction of sp³-hybridized carbons (Fsp3) is 0.722. The molecule has 3 fully saturated rings. The molecule has 0 spiro atoms. The molecule has 1 amide bonds. The molecule has 0 N–H and O–H groups in total. The van der Waals surface area contributed by atoms with Gasteiger partial charge in [0.1, 0.15) is 11.5 Å². The summed E-state index contributed by atoms with van der Waals surface area (Å²) in [7, 11) is 0. The van der Waals surface area contributed by atoms with Crippen LogP contribution in [0, 0.1) is 24.7 Å². The van der Waals surface area contributed by atoms with Crippen LogP contribution in [-0.4, -0.2) is 55.3 Å². The summed E-state index contributed by atoms with van der Waals surface area (Å²) in [5.41, 5.74) is 0. The van der Waals surface area contributed by atoms with Gasteiger partial charge in [-0.25, -0.2) is 5.06 Å². The van der Waals surface area contributed by atoms with Gasteiger partial charge >= 0.3 is 0 Å². The Morgan fingerprint density at radius 1 is 1.25 bits per heavy atom. The molecule has 0 unspecified atom stereocenters. The highest BCUT2D eigenvalue weighted by Gasteiger charge is 2.45. The Morgan fingerprint density at radius 2 is 2.17 bits per heavy atom. The largest absolute Gasteiger partial charge is 0.465 e. The zero-order chi connectivity index (χ0) is 16.5. The Hall–Kier alpha value is -1.37. The molecule has 0 aliphatic carbocycles. The molecule has 0 radical (unpaired) electrons. The molecule has 3 aliphatic heterocycles. The number of aryl methyl sites for hydroxylation is 1. The van der Waals surface area contributed by atoms with Gasteiger partial charge in [-0.1, -0.05) is 0 Å². The Morgan fingerprint density at radius 3 is 2.92 bits per heavy atom. The summed E-state index contributed by atoms with van der Waals surface area (Å²) in [4.78, 5) is 20.8. The van der Waals surface area contributed by atoms with E-state index in [2.05, 4.69) is 4.90 Å². The first-order chi connectivity index (χ1) is 11.7. The van der Waals surface area contributed by atoms with Gasteiger partial charge in [-0.2, -0.15) is 0 Å². The SMILES string of the molecule is Cc1ccc(CN2C[C@@H]3COC[C@H](C(=O)N4CCCCO4)[C@@H]3C2)o1. The standard InChI is InChI=1S/C18H26N2O4/c1-13-4-5-15(24-13)9-19-8-14-11-22-12-17(16(14)10-19)18(21)20-6-2-3-7-23-20/h4-5,14,16-17H,2-3,6-12H2,1H3/t14-,16-,17+/m1/s1. The molecule has 4 rings (SSSR count). The molecule has 3 saturated heterocycles. The van der Waals surface area contributed by atoms with Crippen molar-refractivity contribution in [2.75, 3.05) is 39.5 Å². The molecule has 0 saturated carbocycles. The number of furan rings is 1. The van der Waals surface area contributed by atoms with Crippen LogP contribution < -0.4 is 0 Å². The minimum atomic E-state index is -0.0785. The van der Waals surface area contributed by atoms with Crippen molar-refractivity contribution in [1.82, 2.24) is 9.96 Å². The predicted molar refractivity (Wildman–Crippen MR) is 86.9 cm³/mol. The average molecular weight is 334 g/mol. The van der Waals surface area contributed by atoms with Crippen LogP contribution in [0.5, 0.6) is 0 Å². The topological polar surface area (TPSA) is 55.2 Å². The van der Waals surface area contributed by atoms with Crippen molar-refractivity contribution in [2.45, 2.75) is 26.3 Å². The predicted octanol–water partition coefficient (Wildman–Crippen LogP) is 1.84. The van der Waals surface area contributed by atoms with E-state index in [0.29, 0.717) is 31.6 Å². The summed E-state index contributed by atoms with van der Waals surface area (Å²) in [6.45, 7) is 7.31. The zero-order valence-electron chi connectivity index (χ0n) is 14.3. The number of hydrogen-bond acceptors (Lipinski definition) is 5. The first-order valence-electron chi connectivity index (χ1n) is 9.00. The average Bonchev–Trinajstić information content (AvgIpc) is 3.20. The van der Waals surface area contributed by atoms with Gasteiger partial charge in [0.15, 0.2) is 0 Å². The number of nitrogens with zero attached hydrogens (tertiary/aromatic N) is 2. The van der Waals surface area contributed by atoms with E-state index < -0.39 is 0 Å². The van der Waals surface area contributed by atoms with Crippen molar-refractivity contribution in [3.05, 3.63) is 23.7 Å². The van der Waals surface area contributed by atoms with E-state index in [1.807, 2.05) is 19.1 Å². The Balaban J connectivity index is 1.41. The number of likely N-dealkylation sites (tertiary alicyclic amines) is 1. The number of ether oxygens (including phenoxy) is 1. The first kappa shape index (κ1) is 16.1. The van der Waals surface area contributed by atoms with Crippen LogP contribution in [0.1, 0.15) is 24.4 Å². The van der Waals surface area contributed by atoms with Gasteiger partial charge in [-0.3, -0.25) is 14.5 Å². The quantitative estimate of drug-likeness (QED) is 0.844. The molecule has 3 aliphatic rings. The second-order valence-corrected chi connectivity index (χ2v) is 7.26. The summed E-state index contributed by atoms with van der Waals surface area (Å²) in [5, 5.41) is 1.58. The second kappa shape index (κ2) is 6.86. The number of hydroxylamine groups is 2. The van der Waals surface area contributed by atoms with Crippen molar-refractivity contribution in [2.24, 2.45) is 17.8 Å². The lowest BCUT2D eigenvalue weighted by Crippen LogP contribution is -2.47. The van der Waals surface area contributed by atoms with Crippen molar-refractivity contribution in [3.63, 3.8) is 0 Å². The molecule has 24 heavy (non-hydrogen) atoms. The van der Waals surface area contributed by atoms with Gasteiger partial charge < -0.3 is 9.15 Å². The minimum absolute atomic E-state index is 0.0785. The lowest BCUT2D eigenvalue weighted by molar-refractivity contribution is -0.207. The highest BCUT2D eigenvalue weighted by atomic mass is 16.7. The lowest BCUT2D eigenvalue weighted by atomic mass is 9.82. The molecule has 0 bridgehead atoms. The van der Waals surface area contributed by atoms with Crippen molar-refractivity contribution in [3.8, 4) is 0 Å². The Bertz CT molecular complexity index is 581. The van der Waals surface area contributed by atoms with Gasteiger partial charge in [0.25, 0.3) is 5.91 Å². The molecular formula is C18H26N2O4. The molecule has 132 valence electrons. The van der Waals surface area contributed by atoms with Crippen LogP contribution in [-0.2, 0) is 20.9 Å².